The summed E-state index contributed by atoms with van der Waals surface area (Å²) in [5.41, 5.74) is 7.04. The second-order valence-electron chi connectivity index (χ2n) is 6.61. The number of amides is 2. The lowest BCUT2D eigenvalue weighted by Gasteiger charge is -2.18. The highest BCUT2D eigenvalue weighted by atomic mass is 16.5. The van der Waals surface area contributed by atoms with Gasteiger partial charge in [0, 0.05) is 25.1 Å². The number of primary amides is 1. The van der Waals surface area contributed by atoms with E-state index in [9.17, 15) is 14.4 Å². The maximum absolute atomic E-state index is 12.5. The Labute approximate surface area is 157 Å². The van der Waals surface area contributed by atoms with Crippen LogP contribution in [0.15, 0.2) is 60.7 Å². The first-order valence-electron chi connectivity index (χ1n) is 8.91. The Kier molecular flexibility index (Phi) is 5.86. The van der Waals surface area contributed by atoms with Crippen LogP contribution >= 0.6 is 0 Å². The number of nitrogens with zero attached hydrogens (tertiary/aromatic N) is 1. The van der Waals surface area contributed by atoms with Gasteiger partial charge in [-0.15, -0.1) is 0 Å². The molecule has 2 unspecified atom stereocenters. The normalized spacial score (nSPS) is 17.6. The SMILES string of the molecule is NC(=O)C(OC(=O)C1CC(=O)N(CCc2ccccc2)C1)c1ccccc1. The molecule has 140 valence electrons. The quantitative estimate of drug-likeness (QED) is 0.757. The molecule has 2 aromatic rings. The molecule has 0 aliphatic carbocycles. The van der Waals surface area contributed by atoms with Crippen LogP contribution in [0.25, 0.3) is 0 Å². The molecule has 2 N–H and O–H groups in total. The average Bonchev–Trinajstić information content (AvgIpc) is 3.06. The van der Waals surface area contributed by atoms with Gasteiger partial charge < -0.3 is 15.4 Å². The number of rotatable bonds is 7. The van der Waals surface area contributed by atoms with Crippen LogP contribution in [-0.2, 0) is 25.5 Å². The molecule has 6 heteroatoms. The summed E-state index contributed by atoms with van der Waals surface area (Å²) in [6.45, 7) is 0.843. The van der Waals surface area contributed by atoms with Crippen molar-refractivity contribution in [2.45, 2.75) is 18.9 Å². The molecule has 1 aliphatic heterocycles. The molecule has 2 amide bonds. The first-order valence-corrected chi connectivity index (χ1v) is 8.91. The fourth-order valence-electron chi connectivity index (χ4n) is 3.19. The summed E-state index contributed by atoms with van der Waals surface area (Å²) < 4.78 is 5.35. The number of benzene rings is 2. The average molecular weight is 366 g/mol. The zero-order chi connectivity index (χ0) is 19.2. The van der Waals surface area contributed by atoms with Crippen LogP contribution in [0.1, 0.15) is 23.7 Å². The van der Waals surface area contributed by atoms with Crippen LogP contribution in [0, 0.1) is 5.92 Å². The van der Waals surface area contributed by atoms with Gasteiger partial charge in [0.15, 0.2) is 0 Å². The Morgan fingerprint density at radius 1 is 1.07 bits per heavy atom. The minimum atomic E-state index is -1.15. The summed E-state index contributed by atoms with van der Waals surface area (Å²) in [5.74, 6) is -1.97. The highest BCUT2D eigenvalue weighted by Crippen LogP contribution is 2.24. The molecular weight excluding hydrogens is 344 g/mol. The maximum Gasteiger partial charge on any atom is 0.312 e. The number of likely N-dealkylation sites (tertiary alicyclic amines) is 1. The van der Waals surface area contributed by atoms with E-state index in [0.717, 1.165) is 12.0 Å². The van der Waals surface area contributed by atoms with E-state index < -0.39 is 23.9 Å². The molecule has 0 bridgehead atoms. The first-order chi connectivity index (χ1) is 13.0. The van der Waals surface area contributed by atoms with Gasteiger partial charge in [-0.05, 0) is 12.0 Å². The molecule has 1 heterocycles. The molecule has 0 saturated carbocycles. The van der Waals surface area contributed by atoms with Crippen molar-refractivity contribution in [2.75, 3.05) is 13.1 Å². The number of carbonyl (C=O) groups excluding carboxylic acids is 3. The topological polar surface area (TPSA) is 89.7 Å². The molecule has 1 saturated heterocycles. The van der Waals surface area contributed by atoms with Crippen LogP contribution in [0.4, 0.5) is 0 Å². The number of carbonyl (C=O) groups is 3. The van der Waals surface area contributed by atoms with Gasteiger partial charge in [-0.2, -0.15) is 0 Å². The molecule has 2 atom stereocenters. The van der Waals surface area contributed by atoms with E-state index in [1.54, 1.807) is 35.2 Å². The number of hydrogen-bond acceptors (Lipinski definition) is 4. The van der Waals surface area contributed by atoms with Crippen LogP contribution in [-0.4, -0.2) is 35.8 Å². The van der Waals surface area contributed by atoms with Crippen molar-refractivity contribution in [2.24, 2.45) is 11.7 Å². The Morgan fingerprint density at radius 3 is 2.33 bits per heavy atom. The minimum Gasteiger partial charge on any atom is -0.447 e. The summed E-state index contributed by atoms with van der Waals surface area (Å²) in [6, 6.07) is 18.5. The van der Waals surface area contributed by atoms with Gasteiger partial charge in [0.25, 0.3) is 5.91 Å². The van der Waals surface area contributed by atoms with E-state index in [-0.39, 0.29) is 12.3 Å². The highest BCUT2D eigenvalue weighted by Gasteiger charge is 2.37. The number of ether oxygens (including phenoxy) is 1. The standard InChI is InChI=1S/C21H22N2O4/c22-20(25)19(16-9-5-2-6-10-16)27-21(26)17-13-18(24)23(14-17)12-11-15-7-3-1-4-8-15/h1-10,17,19H,11-14H2,(H2,22,25). The van der Waals surface area contributed by atoms with Crippen molar-refractivity contribution in [1.29, 1.82) is 0 Å². The van der Waals surface area contributed by atoms with Gasteiger partial charge in [0.2, 0.25) is 12.0 Å². The summed E-state index contributed by atoms with van der Waals surface area (Å²) in [7, 11) is 0. The molecule has 2 aromatic carbocycles. The third-order valence-electron chi connectivity index (χ3n) is 4.66. The van der Waals surface area contributed by atoms with E-state index in [1.165, 1.54) is 0 Å². The smallest absolute Gasteiger partial charge is 0.312 e. The Hall–Kier alpha value is -3.15. The lowest BCUT2D eigenvalue weighted by molar-refractivity contribution is -0.159. The predicted molar refractivity (Wildman–Crippen MR) is 99.3 cm³/mol. The first kappa shape index (κ1) is 18.6. The fraction of sp³-hybridized carbons (Fsp3) is 0.286. The largest absolute Gasteiger partial charge is 0.447 e. The summed E-state index contributed by atoms with van der Waals surface area (Å²) in [6.07, 6.45) is -0.330. The van der Waals surface area contributed by atoms with Crippen molar-refractivity contribution in [1.82, 2.24) is 4.90 Å². The van der Waals surface area contributed by atoms with Crippen LogP contribution < -0.4 is 5.73 Å². The van der Waals surface area contributed by atoms with Crippen molar-refractivity contribution in [3.05, 3.63) is 71.8 Å². The van der Waals surface area contributed by atoms with Gasteiger partial charge in [-0.1, -0.05) is 60.7 Å². The second kappa shape index (κ2) is 8.49. The minimum absolute atomic E-state index is 0.0804. The highest BCUT2D eigenvalue weighted by molar-refractivity contribution is 5.89. The van der Waals surface area contributed by atoms with Crippen LogP contribution in [0.3, 0.4) is 0 Å². The lowest BCUT2D eigenvalue weighted by atomic mass is 10.1. The molecule has 0 spiro atoms. The third-order valence-corrected chi connectivity index (χ3v) is 4.66. The van der Waals surface area contributed by atoms with Crippen molar-refractivity contribution in [3.63, 3.8) is 0 Å². The van der Waals surface area contributed by atoms with E-state index in [2.05, 4.69) is 0 Å². The summed E-state index contributed by atoms with van der Waals surface area (Å²) >= 11 is 0. The molecule has 27 heavy (non-hydrogen) atoms. The Balaban J connectivity index is 1.59. The zero-order valence-corrected chi connectivity index (χ0v) is 14.9. The van der Waals surface area contributed by atoms with Gasteiger partial charge >= 0.3 is 5.97 Å². The predicted octanol–water partition coefficient (Wildman–Crippen LogP) is 1.85. The molecule has 3 rings (SSSR count). The van der Waals surface area contributed by atoms with Gasteiger partial charge in [0.05, 0.1) is 5.92 Å². The van der Waals surface area contributed by atoms with Crippen LogP contribution in [0.2, 0.25) is 0 Å². The number of esters is 1. The number of nitrogens with two attached hydrogens (primary N) is 1. The number of hydrogen-bond donors (Lipinski definition) is 1. The van der Waals surface area contributed by atoms with E-state index in [1.807, 2.05) is 30.3 Å². The van der Waals surface area contributed by atoms with Crippen molar-refractivity contribution >= 4 is 17.8 Å². The monoisotopic (exact) mass is 366 g/mol. The van der Waals surface area contributed by atoms with Gasteiger partial charge in [-0.3, -0.25) is 14.4 Å². The second-order valence-corrected chi connectivity index (χ2v) is 6.61. The van der Waals surface area contributed by atoms with Gasteiger partial charge in [-0.25, -0.2) is 0 Å². The van der Waals surface area contributed by atoms with Crippen molar-refractivity contribution in [3.8, 4) is 0 Å². The Bertz CT molecular complexity index is 807. The van der Waals surface area contributed by atoms with E-state index in [4.69, 9.17) is 10.5 Å². The maximum atomic E-state index is 12.5. The summed E-state index contributed by atoms with van der Waals surface area (Å²) in [5, 5.41) is 0. The fourth-order valence-corrected chi connectivity index (χ4v) is 3.19. The molecular formula is C21H22N2O4. The third kappa shape index (κ3) is 4.73. The van der Waals surface area contributed by atoms with Gasteiger partial charge in [0.1, 0.15) is 0 Å². The summed E-state index contributed by atoms with van der Waals surface area (Å²) in [4.78, 5) is 38.1. The van der Waals surface area contributed by atoms with Crippen LogP contribution in [0.5, 0.6) is 0 Å². The van der Waals surface area contributed by atoms with Crippen molar-refractivity contribution < 1.29 is 19.1 Å². The molecule has 0 radical (unpaired) electrons. The molecule has 6 nitrogen and oxygen atoms in total. The molecule has 0 aromatic heterocycles. The zero-order valence-electron chi connectivity index (χ0n) is 14.9. The molecule has 1 aliphatic rings. The Morgan fingerprint density at radius 2 is 1.70 bits per heavy atom. The van der Waals surface area contributed by atoms with E-state index in [0.29, 0.717) is 18.7 Å². The molecule has 1 fully saturated rings. The lowest BCUT2D eigenvalue weighted by Crippen LogP contribution is -2.31. The van der Waals surface area contributed by atoms with E-state index >= 15 is 0 Å².